The molecule has 0 spiro atoms. The van der Waals surface area contributed by atoms with Crippen LogP contribution in [0.1, 0.15) is 5.56 Å². The van der Waals surface area contributed by atoms with Gasteiger partial charge in [-0.05, 0) is 17.7 Å². The fourth-order valence-electron chi connectivity index (χ4n) is 0.979. The summed E-state index contributed by atoms with van der Waals surface area (Å²) in [6.07, 6.45) is 3.36. The summed E-state index contributed by atoms with van der Waals surface area (Å²) in [5.41, 5.74) is 0.377. The van der Waals surface area contributed by atoms with Crippen LogP contribution in [0.2, 0.25) is 0 Å². The minimum absolute atomic E-state index is 0.298. The molecule has 0 amide bonds. The number of aromatic hydroxyl groups is 1. The number of allylic oxidation sites excluding steroid dienone is 1. The number of halogens is 1. The minimum atomic E-state index is -0.635. The Morgan fingerprint density at radius 2 is 2.29 bits per heavy atom. The molecule has 0 saturated carbocycles. The molecule has 1 aromatic carbocycles. The molecule has 4 nitrogen and oxygen atoms in total. The SMILES string of the molecule is O=[N+]([O-])c1ccc(C=CCCl)cc1O. The lowest BCUT2D eigenvalue weighted by molar-refractivity contribution is -0.385. The van der Waals surface area contributed by atoms with E-state index in [4.69, 9.17) is 11.6 Å². The molecule has 1 N–H and O–H groups in total. The van der Waals surface area contributed by atoms with Gasteiger partial charge in [-0.15, -0.1) is 11.6 Å². The van der Waals surface area contributed by atoms with E-state index in [0.717, 1.165) is 0 Å². The highest BCUT2D eigenvalue weighted by Gasteiger charge is 2.11. The first-order chi connectivity index (χ1) is 6.65. The minimum Gasteiger partial charge on any atom is -0.502 e. The second-order valence-electron chi connectivity index (χ2n) is 2.56. The van der Waals surface area contributed by atoms with E-state index in [1.807, 2.05) is 0 Å². The molecular formula is C9H8ClNO3. The van der Waals surface area contributed by atoms with Gasteiger partial charge in [0.05, 0.1) is 4.92 Å². The molecule has 0 heterocycles. The summed E-state index contributed by atoms with van der Waals surface area (Å²) in [7, 11) is 0. The Balaban J connectivity index is 3.00. The Labute approximate surface area is 85.6 Å². The van der Waals surface area contributed by atoms with Crippen molar-refractivity contribution in [2.24, 2.45) is 0 Å². The zero-order chi connectivity index (χ0) is 10.6. The van der Waals surface area contributed by atoms with E-state index < -0.39 is 4.92 Å². The first-order valence-electron chi connectivity index (χ1n) is 3.85. The van der Waals surface area contributed by atoms with Crippen LogP contribution in [0.25, 0.3) is 6.08 Å². The first kappa shape index (κ1) is 10.5. The Hall–Kier alpha value is -1.55. The molecule has 0 atom stereocenters. The molecule has 0 aliphatic heterocycles. The number of nitro groups is 1. The van der Waals surface area contributed by atoms with Crippen LogP contribution < -0.4 is 0 Å². The fourth-order valence-corrected chi connectivity index (χ4v) is 1.07. The normalized spacial score (nSPS) is 10.6. The van der Waals surface area contributed by atoms with Crippen LogP contribution in [0.5, 0.6) is 5.75 Å². The maximum atomic E-state index is 10.4. The molecule has 0 saturated heterocycles. The van der Waals surface area contributed by atoms with Crippen LogP contribution in [0.15, 0.2) is 24.3 Å². The Morgan fingerprint density at radius 3 is 2.79 bits per heavy atom. The Kier molecular flexibility index (Phi) is 3.48. The van der Waals surface area contributed by atoms with E-state index in [1.54, 1.807) is 18.2 Å². The number of hydrogen-bond donors (Lipinski definition) is 1. The molecule has 0 bridgehead atoms. The molecule has 1 aromatic rings. The van der Waals surface area contributed by atoms with Crippen LogP contribution in [0.4, 0.5) is 5.69 Å². The van der Waals surface area contributed by atoms with E-state index in [-0.39, 0.29) is 11.4 Å². The second kappa shape index (κ2) is 4.62. The molecule has 0 unspecified atom stereocenters. The highest BCUT2D eigenvalue weighted by molar-refractivity contribution is 6.19. The smallest absolute Gasteiger partial charge is 0.310 e. The number of nitrogens with zero attached hydrogens (tertiary/aromatic N) is 1. The largest absolute Gasteiger partial charge is 0.502 e. The third-order valence-electron chi connectivity index (χ3n) is 1.60. The Morgan fingerprint density at radius 1 is 1.57 bits per heavy atom. The summed E-state index contributed by atoms with van der Waals surface area (Å²) in [5, 5.41) is 19.6. The average Bonchev–Trinajstić information content (AvgIpc) is 2.14. The van der Waals surface area contributed by atoms with Gasteiger partial charge in [0, 0.05) is 11.9 Å². The zero-order valence-corrected chi connectivity index (χ0v) is 7.94. The van der Waals surface area contributed by atoms with Crippen molar-refractivity contribution in [2.45, 2.75) is 0 Å². The lowest BCUT2D eigenvalue weighted by Crippen LogP contribution is -1.88. The molecule has 14 heavy (non-hydrogen) atoms. The third kappa shape index (κ3) is 2.47. The number of phenols is 1. The number of alkyl halides is 1. The molecular weight excluding hydrogens is 206 g/mol. The summed E-state index contributed by atoms with van der Waals surface area (Å²) in [4.78, 5) is 9.72. The summed E-state index contributed by atoms with van der Waals surface area (Å²) in [5.74, 6) is 0.0179. The predicted molar refractivity (Wildman–Crippen MR) is 54.5 cm³/mol. The number of nitro benzene ring substituents is 1. The topological polar surface area (TPSA) is 63.4 Å². The third-order valence-corrected chi connectivity index (χ3v) is 1.77. The van der Waals surface area contributed by atoms with Crippen molar-refractivity contribution in [3.05, 3.63) is 40.0 Å². The summed E-state index contributed by atoms with van der Waals surface area (Å²) < 4.78 is 0. The van der Waals surface area contributed by atoms with Crippen LogP contribution in [-0.4, -0.2) is 15.9 Å². The molecule has 0 fully saturated rings. The maximum Gasteiger partial charge on any atom is 0.310 e. The van der Waals surface area contributed by atoms with Gasteiger partial charge in [-0.2, -0.15) is 0 Å². The number of phenolic OH excluding ortho intramolecular Hbond substituents is 1. The summed E-state index contributed by atoms with van der Waals surface area (Å²) in [6, 6.07) is 4.12. The summed E-state index contributed by atoms with van der Waals surface area (Å²) >= 11 is 5.42. The van der Waals surface area contributed by atoms with Gasteiger partial charge < -0.3 is 5.11 Å². The highest BCUT2D eigenvalue weighted by atomic mass is 35.5. The zero-order valence-electron chi connectivity index (χ0n) is 7.18. The van der Waals surface area contributed by atoms with E-state index in [2.05, 4.69) is 0 Å². The molecule has 1 rings (SSSR count). The van der Waals surface area contributed by atoms with Crippen molar-refractivity contribution in [1.82, 2.24) is 0 Å². The molecule has 0 radical (unpaired) electrons. The average molecular weight is 214 g/mol. The van der Waals surface area contributed by atoms with Crippen LogP contribution in [0.3, 0.4) is 0 Å². The summed E-state index contributed by atoms with van der Waals surface area (Å²) in [6.45, 7) is 0. The molecule has 0 aliphatic rings. The standard InChI is InChI=1S/C9H8ClNO3/c10-5-1-2-7-3-4-8(11(13)14)9(12)6-7/h1-4,6,12H,5H2. The van der Waals surface area contributed by atoms with Gasteiger partial charge in [0.15, 0.2) is 5.75 Å². The van der Waals surface area contributed by atoms with Crippen molar-refractivity contribution in [3.8, 4) is 5.75 Å². The van der Waals surface area contributed by atoms with Gasteiger partial charge in [-0.1, -0.05) is 12.2 Å². The first-order valence-corrected chi connectivity index (χ1v) is 4.38. The van der Waals surface area contributed by atoms with Crippen molar-refractivity contribution >= 4 is 23.4 Å². The van der Waals surface area contributed by atoms with Gasteiger partial charge in [0.25, 0.3) is 0 Å². The van der Waals surface area contributed by atoms with Crippen molar-refractivity contribution < 1.29 is 10.0 Å². The number of benzene rings is 1. The van der Waals surface area contributed by atoms with Crippen molar-refractivity contribution in [3.63, 3.8) is 0 Å². The fraction of sp³-hybridized carbons (Fsp3) is 0.111. The molecule has 74 valence electrons. The van der Waals surface area contributed by atoms with Crippen molar-refractivity contribution in [1.29, 1.82) is 0 Å². The highest BCUT2D eigenvalue weighted by Crippen LogP contribution is 2.26. The quantitative estimate of drug-likeness (QED) is 0.477. The van der Waals surface area contributed by atoms with Crippen LogP contribution in [-0.2, 0) is 0 Å². The van der Waals surface area contributed by atoms with Gasteiger partial charge in [0.2, 0.25) is 0 Å². The van der Waals surface area contributed by atoms with Gasteiger partial charge in [-0.25, -0.2) is 0 Å². The van der Waals surface area contributed by atoms with E-state index in [0.29, 0.717) is 11.4 Å². The molecule has 5 heteroatoms. The van der Waals surface area contributed by atoms with E-state index in [9.17, 15) is 15.2 Å². The van der Waals surface area contributed by atoms with E-state index in [1.165, 1.54) is 12.1 Å². The second-order valence-corrected chi connectivity index (χ2v) is 2.87. The number of rotatable bonds is 3. The number of hydrogen-bond acceptors (Lipinski definition) is 3. The lowest BCUT2D eigenvalue weighted by Gasteiger charge is -1.97. The van der Waals surface area contributed by atoms with Gasteiger partial charge in [-0.3, -0.25) is 10.1 Å². The lowest BCUT2D eigenvalue weighted by atomic mass is 10.2. The van der Waals surface area contributed by atoms with Crippen LogP contribution >= 0.6 is 11.6 Å². The van der Waals surface area contributed by atoms with Gasteiger partial charge in [0.1, 0.15) is 0 Å². The van der Waals surface area contributed by atoms with Crippen LogP contribution in [0, 0.1) is 10.1 Å². The molecule has 0 aromatic heterocycles. The predicted octanol–water partition coefficient (Wildman–Crippen LogP) is 2.55. The maximum absolute atomic E-state index is 10.4. The monoisotopic (exact) mass is 213 g/mol. The van der Waals surface area contributed by atoms with E-state index >= 15 is 0 Å². The van der Waals surface area contributed by atoms with Gasteiger partial charge >= 0.3 is 5.69 Å². The van der Waals surface area contributed by atoms with Crippen molar-refractivity contribution in [2.75, 3.05) is 5.88 Å². The Bertz CT molecular complexity index is 376. The molecule has 0 aliphatic carbocycles.